The number of hydrogen-bond acceptors (Lipinski definition) is 2. The Morgan fingerprint density at radius 3 is 2.24 bits per heavy atom. The molecule has 0 unspecified atom stereocenters. The standard InChI is InChI=1S/C11H22N4O.HI/c1-3-12-11(13-4-2)15-8-10(16)14-7-9-5-6-9;/h9H,3-8H2,1-2H3,(H,14,16)(H2,12,13,15);1H. The fourth-order valence-electron chi connectivity index (χ4n) is 1.30. The van der Waals surface area contributed by atoms with Crippen molar-refractivity contribution in [2.75, 3.05) is 26.2 Å². The minimum Gasteiger partial charge on any atom is -0.357 e. The molecule has 0 aromatic rings. The third kappa shape index (κ3) is 8.23. The van der Waals surface area contributed by atoms with E-state index in [1.165, 1.54) is 12.8 Å². The number of amides is 1. The molecule has 0 heterocycles. The predicted octanol–water partition coefficient (Wildman–Crippen LogP) is 0.706. The van der Waals surface area contributed by atoms with Gasteiger partial charge in [0.15, 0.2) is 5.96 Å². The maximum Gasteiger partial charge on any atom is 0.241 e. The van der Waals surface area contributed by atoms with Gasteiger partial charge in [-0.1, -0.05) is 0 Å². The van der Waals surface area contributed by atoms with Gasteiger partial charge in [-0.05, 0) is 32.6 Å². The van der Waals surface area contributed by atoms with Crippen LogP contribution in [-0.4, -0.2) is 38.0 Å². The van der Waals surface area contributed by atoms with Gasteiger partial charge < -0.3 is 16.0 Å². The van der Waals surface area contributed by atoms with Gasteiger partial charge in [0.2, 0.25) is 5.91 Å². The normalized spacial score (nSPS) is 13.3. The number of nitrogens with zero attached hydrogens (tertiary/aromatic N) is 1. The second-order valence-electron chi connectivity index (χ2n) is 3.97. The van der Waals surface area contributed by atoms with E-state index >= 15 is 0 Å². The van der Waals surface area contributed by atoms with Crippen molar-refractivity contribution in [2.45, 2.75) is 26.7 Å². The Balaban J connectivity index is 0.00000256. The zero-order valence-electron chi connectivity index (χ0n) is 10.6. The molecule has 6 heteroatoms. The first kappa shape index (κ1) is 16.5. The smallest absolute Gasteiger partial charge is 0.241 e. The zero-order chi connectivity index (χ0) is 11.8. The number of rotatable bonds is 6. The van der Waals surface area contributed by atoms with Gasteiger partial charge in [-0.2, -0.15) is 0 Å². The van der Waals surface area contributed by atoms with Gasteiger partial charge in [-0.3, -0.25) is 4.79 Å². The first-order valence-electron chi connectivity index (χ1n) is 6.05. The summed E-state index contributed by atoms with van der Waals surface area (Å²) < 4.78 is 0. The predicted molar refractivity (Wildman–Crippen MR) is 80.8 cm³/mol. The molecule has 0 spiro atoms. The summed E-state index contributed by atoms with van der Waals surface area (Å²) in [7, 11) is 0. The molecule has 1 rings (SSSR count). The lowest BCUT2D eigenvalue weighted by Gasteiger charge is -2.09. The van der Waals surface area contributed by atoms with Gasteiger partial charge >= 0.3 is 0 Å². The maximum absolute atomic E-state index is 11.4. The lowest BCUT2D eigenvalue weighted by atomic mass is 10.4. The van der Waals surface area contributed by atoms with Crippen LogP contribution in [0.25, 0.3) is 0 Å². The number of aliphatic imine (C=N–C) groups is 1. The van der Waals surface area contributed by atoms with Gasteiger partial charge in [0, 0.05) is 19.6 Å². The van der Waals surface area contributed by atoms with Crippen LogP contribution < -0.4 is 16.0 Å². The Labute approximate surface area is 120 Å². The second kappa shape index (κ2) is 9.49. The Hall–Kier alpha value is -0.530. The molecule has 0 aromatic heterocycles. The van der Waals surface area contributed by atoms with E-state index < -0.39 is 0 Å². The van der Waals surface area contributed by atoms with E-state index in [-0.39, 0.29) is 36.4 Å². The number of hydrogen-bond donors (Lipinski definition) is 3. The number of carbonyl (C=O) groups excluding carboxylic acids is 1. The molecule has 0 aliphatic heterocycles. The van der Waals surface area contributed by atoms with Crippen LogP contribution in [0.4, 0.5) is 0 Å². The summed E-state index contributed by atoms with van der Waals surface area (Å²) in [5.41, 5.74) is 0. The fourth-order valence-corrected chi connectivity index (χ4v) is 1.30. The molecule has 100 valence electrons. The minimum atomic E-state index is 0. The third-order valence-corrected chi connectivity index (χ3v) is 2.35. The van der Waals surface area contributed by atoms with Crippen molar-refractivity contribution in [3.8, 4) is 0 Å². The Bertz CT molecular complexity index is 246. The SMILES string of the molecule is CCNC(=NCC(=O)NCC1CC1)NCC.I. The van der Waals surface area contributed by atoms with Crippen LogP contribution in [-0.2, 0) is 4.79 Å². The topological polar surface area (TPSA) is 65.5 Å². The molecule has 5 nitrogen and oxygen atoms in total. The van der Waals surface area contributed by atoms with Crippen LogP contribution in [0.5, 0.6) is 0 Å². The zero-order valence-corrected chi connectivity index (χ0v) is 12.9. The Morgan fingerprint density at radius 1 is 1.18 bits per heavy atom. The van der Waals surface area contributed by atoms with Crippen molar-refractivity contribution in [3.05, 3.63) is 0 Å². The van der Waals surface area contributed by atoms with Gasteiger partial charge in [0.05, 0.1) is 0 Å². The van der Waals surface area contributed by atoms with Crippen molar-refractivity contribution in [3.63, 3.8) is 0 Å². The van der Waals surface area contributed by atoms with Crippen molar-refractivity contribution in [1.82, 2.24) is 16.0 Å². The van der Waals surface area contributed by atoms with E-state index in [1.54, 1.807) is 0 Å². The third-order valence-electron chi connectivity index (χ3n) is 2.35. The van der Waals surface area contributed by atoms with E-state index in [9.17, 15) is 4.79 Å². The molecule has 1 amide bonds. The number of nitrogens with one attached hydrogen (secondary N) is 3. The molecule has 0 radical (unpaired) electrons. The van der Waals surface area contributed by atoms with Crippen molar-refractivity contribution < 1.29 is 4.79 Å². The van der Waals surface area contributed by atoms with Crippen molar-refractivity contribution >= 4 is 35.8 Å². The highest BCUT2D eigenvalue weighted by molar-refractivity contribution is 14.0. The first-order valence-corrected chi connectivity index (χ1v) is 6.05. The minimum absolute atomic E-state index is 0. The molecule has 17 heavy (non-hydrogen) atoms. The molecule has 1 aliphatic rings. The average molecular weight is 354 g/mol. The summed E-state index contributed by atoms with van der Waals surface area (Å²) in [6.07, 6.45) is 2.51. The van der Waals surface area contributed by atoms with Crippen molar-refractivity contribution in [2.24, 2.45) is 10.9 Å². The van der Waals surface area contributed by atoms with Crippen LogP contribution in [0.3, 0.4) is 0 Å². The molecule has 1 aliphatic carbocycles. The number of guanidine groups is 1. The summed E-state index contributed by atoms with van der Waals surface area (Å²) in [6.45, 7) is 6.61. The van der Waals surface area contributed by atoms with Crippen LogP contribution in [0, 0.1) is 5.92 Å². The molecule has 1 fully saturated rings. The van der Waals surface area contributed by atoms with Crippen LogP contribution >= 0.6 is 24.0 Å². The second-order valence-corrected chi connectivity index (χ2v) is 3.97. The molecule has 0 aromatic carbocycles. The Kier molecular flexibility index (Phi) is 9.20. The van der Waals surface area contributed by atoms with Gasteiger partial charge in [0.1, 0.15) is 6.54 Å². The highest BCUT2D eigenvalue weighted by Gasteiger charge is 2.21. The van der Waals surface area contributed by atoms with E-state index in [0.717, 1.165) is 25.6 Å². The van der Waals surface area contributed by atoms with Crippen molar-refractivity contribution in [1.29, 1.82) is 0 Å². The summed E-state index contributed by atoms with van der Waals surface area (Å²) >= 11 is 0. The molecular formula is C11H23IN4O. The van der Waals surface area contributed by atoms with E-state index in [2.05, 4.69) is 20.9 Å². The maximum atomic E-state index is 11.4. The fraction of sp³-hybridized carbons (Fsp3) is 0.818. The monoisotopic (exact) mass is 354 g/mol. The van der Waals surface area contributed by atoms with E-state index in [1.807, 2.05) is 13.8 Å². The molecule has 0 saturated heterocycles. The van der Waals surface area contributed by atoms with Crippen LogP contribution in [0.1, 0.15) is 26.7 Å². The molecule has 1 saturated carbocycles. The highest BCUT2D eigenvalue weighted by atomic mass is 127. The largest absolute Gasteiger partial charge is 0.357 e. The average Bonchev–Trinajstić information content (AvgIpc) is 3.07. The summed E-state index contributed by atoms with van der Waals surface area (Å²) in [4.78, 5) is 15.6. The quantitative estimate of drug-likeness (QED) is 0.374. The van der Waals surface area contributed by atoms with Gasteiger partial charge in [0.25, 0.3) is 0 Å². The number of carbonyl (C=O) groups is 1. The highest BCUT2D eigenvalue weighted by Crippen LogP contribution is 2.27. The lowest BCUT2D eigenvalue weighted by Crippen LogP contribution is -2.38. The summed E-state index contributed by atoms with van der Waals surface area (Å²) in [6, 6.07) is 0. The number of halogens is 1. The molecule has 3 N–H and O–H groups in total. The molecule has 0 atom stereocenters. The van der Waals surface area contributed by atoms with Crippen LogP contribution in [0.2, 0.25) is 0 Å². The van der Waals surface area contributed by atoms with Gasteiger partial charge in [-0.25, -0.2) is 4.99 Å². The summed E-state index contributed by atoms with van der Waals surface area (Å²) in [5.74, 6) is 1.42. The lowest BCUT2D eigenvalue weighted by molar-refractivity contribution is -0.119. The molecule has 0 bridgehead atoms. The Morgan fingerprint density at radius 2 is 1.76 bits per heavy atom. The summed E-state index contributed by atoms with van der Waals surface area (Å²) in [5, 5.41) is 9.03. The van der Waals surface area contributed by atoms with Crippen LogP contribution in [0.15, 0.2) is 4.99 Å². The van der Waals surface area contributed by atoms with Gasteiger partial charge in [-0.15, -0.1) is 24.0 Å². The van der Waals surface area contributed by atoms with E-state index in [4.69, 9.17) is 0 Å². The molecular weight excluding hydrogens is 331 g/mol. The van der Waals surface area contributed by atoms with E-state index in [0.29, 0.717) is 5.96 Å². The first-order chi connectivity index (χ1) is 7.76.